The highest BCUT2D eigenvalue weighted by Crippen LogP contribution is 2.21. The van der Waals surface area contributed by atoms with Gasteiger partial charge in [-0.15, -0.1) is 0 Å². The summed E-state index contributed by atoms with van der Waals surface area (Å²) in [6.07, 6.45) is 1.78. The SMILES string of the molecule is [AlH2][O]c1cccc2cccnc12. The molecule has 1 aromatic carbocycles. The Kier molecular flexibility index (Phi) is 1.99. The number of hydrogen-bond acceptors (Lipinski definition) is 2. The molecule has 3 heteroatoms. The van der Waals surface area contributed by atoms with Crippen molar-refractivity contribution in [3.8, 4) is 5.75 Å². The molecule has 0 fully saturated rings. The van der Waals surface area contributed by atoms with Crippen LogP contribution in [0.25, 0.3) is 10.9 Å². The monoisotopic (exact) mass is 173 g/mol. The van der Waals surface area contributed by atoms with Crippen molar-refractivity contribution >= 4 is 27.5 Å². The first-order valence-electron chi connectivity index (χ1n) is 3.79. The molecule has 0 aliphatic rings. The molecule has 0 saturated carbocycles. The van der Waals surface area contributed by atoms with E-state index >= 15 is 0 Å². The van der Waals surface area contributed by atoms with Gasteiger partial charge in [-0.2, -0.15) is 0 Å². The summed E-state index contributed by atoms with van der Waals surface area (Å²) >= 11 is 0.706. The first kappa shape index (κ1) is 7.60. The predicted molar refractivity (Wildman–Crippen MR) is 50.9 cm³/mol. The largest absolute Gasteiger partial charge is 0.646 e. The van der Waals surface area contributed by atoms with Crippen molar-refractivity contribution in [3.05, 3.63) is 36.5 Å². The van der Waals surface area contributed by atoms with E-state index in [-0.39, 0.29) is 0 Å². The van der Waals surface area contributed by atoms with Crippen molar-refractivity contribution in [1.82, 2.24) is 4.98 Å². The van der Waals surface area contributed by atoms with E-state index < -0.39 is 0 Å². The smallest absolute Gasteiger partial charge is 0.497 e. The van der Waals surface area contributed by atoms with Crippen LogP contribution in [0.1, 0.15) is 0 Å². The van der Waals surface area contributed by atoms with Gasteiger partial charge in [0.15, 0.2) is 0 Å². The number of rotatable bonds is 1. The molecular formula is C9H8AlNO. The Labute approximate surface area is 78.9 Å². The maximum Gasteiger partial charge on any atom is 0.497 e. The quantitative estimate of drug-likeness (QED) is 0.604. The summed E-state index contributed by atoms with van der Waals surface area (Å²) in [5.41, 5.74) is 0.954. The summed E-state index contributed by atoms with van der Waals surface area (Å²) in [7, 11) is 0. The van der Waals surface area contributed by atoms with Gasteiger partial charge in [-0.1, -0.05) is 18.2 Å². The molecule has 2 aromatic rings. The van der Waals surface area contributed by atoms with E-state index in [1.165, 1.54) is 0 Å². The minimum atomic E-state index is 0.706. The number of aromatic nitrogens is 1. The van der Waals surface area contributed by atoms with Crippen LogP contribution < -0.4 is 3.79 Å². The van der Waals surface area contributed by atoms with E-state index in [0.29, 0.717) is 16.6 Å². The number of fused-ring (bicyclic) bond motifs is 1. The molecule has 1 heterocycles. The van der Waals surface area contributed by atoms with Crippen LogP contribution in [0.4, 0.5) is 0 Å². The van der Waals surface area contributed by atoms with Gasteiger partial charge in [0.2, 0.25) is 0 Å². The van der Waals surface area contributed by atoms with Gasteiger partial charge in [0.25, 0.3) is 0 Å². The van der Waals surface area contributed by atoms with Crippen LogP contribution in [0.3, 0.4) is 0 Å². The second-order valence-electron chi connectivity index (χ2n) is 2.54. The standard InChI is InChI=1S/C9H7NO.Al.2H/c11-8-5-1-3-7-4-2-6-10-9(7)8;;;/h1-6,11H;;;/q;+1;;/p-1. The summed E-state index contributed by atoms with van der Waals surface area (Å²) in [6, 6.07) is 9.93. The second kappa shape index (κ2) is 3.14. The van der Waals surface area contributed by atoms with Gasteiger partial charge in [0.05, 0.1) is 0 Å². The van der Waals surface area contributed by atoms with Gasteiger partial charge in [-0.3, -0.25) is 4.98 Å². The molecule has 0 radical (unpaired) electrons. The summed E-state index contributed by atoms with van der Waals surface area (Å²) in [5.74, 6) is 0.889. The molecule has 0 N–H and O–H groups in total. The Hall–Kier alpha value is -1.04. The fourth-order valence-corrected chi connectivity index (χ4v) is 1.57. The Bertz CT molecular complexity index is 397. The Balaban J connectivity index is 2.79. The fraction of sp³-hybridized carbons (Fsp3) is 0. The first-order valence-corrected chi connectivity index (χ1v) is 4.61. The van der Waals surface area contributed by atoms with Gasteiger partial charge in [0, 0.05) is 11.6 Å². The minimum absolute atomic E-state index is 0.706. The molecule has 0 bridgehead atoms. The average Bonchev–Trinajstić information content (AvgIpc) is 2.17. The molecule has 0 amide bonds. The number of hydrogen-bond donors (Lipinski definition) is 0. The van der Waals surface area contributed by atoms with Gasteiger partial charge in [-0.25, -0.2) is 0 Å². The zero-order valence-electron chi connectivity index (χ0n) is 6.82. The third-order valence-corrected chi connectivity index (χ3v) is 2.26. The normalized spacial score (nSPS) is 10.0. The maximum atomic E-state index is 5.30. The highest BCUT2D eigenvalue weighted by Gasteiger charge is 1.97. The third-order valence-electron chi connectivity index (χ3n) is 1.82. The molecule has 0 unspecified atom stereocenters. The van der Waals surface area contributed by atoms with Crippen LogP contribution in [0.5, 0.6) is 5.75 Å². The molecule has 0 spiro atoms. The first-order chi connectivity index (χ1) is 5.92. The maximum absolute atomic E-state index is 5.30. The van der Waals surface area contributed by atoms with Gasteiger partial charge in [0.1, 0.15) is 11.3 Å². The zero-order valence-corrected chi connectivity index (χ0v) is 8.82. The van der Waals surface area contributed by atoms with Crippen molar-refractivity contribution in [2.75, 3.05) is 0 Å². The predicted octanol–water partition coefficient (Wildman–Crippen LogP) is 1.16. The minimum Gasteiger partial charge on any atom is -0.646 e. The fourth-order valence-electron chi connectivity index (χ4n) is 1.24. The summed E-state index contributed by atoms with van der Waals surface area (Å²) in [4.78, 5) is 4.25. The van der Waals surface area contributed by atoms with Gasteiger partial charge < -0.3 is 3.79 Å². The van der Waals surface area contributed by atoms with E-state index in [9.17, 15) is 0 Å². The number of nitrogens with zero attached hydrogens (tertiary/aromatic N) is 1. The van der Waals surface area contributed by atoms with Crippen LogP contribution in [-0.4, -0.2) is 21.6 Å². The van der Waals surface area contributed by atoms with Crippen molar-refractivity contribution in [1.29, 1.82) is 0 Å². The molecule has 2 rings (SSSR count). The van der Waals surface area contributed by atoms with Crippen LogP contribution in [0.2, 0.25) is 0 Å². The van der Waals surface area contributed by atoms with Gasteiger partial charge >= 0.3 is 16.6 Å². The summed E-state index contributed by atoms with van der Waals surface area (Å²) < 4.78 is 5.30. The van der Waals surface area contributed by atoms with Crippen molar-refractivity contribution in [2.45, 2.75) is 0 Å². The van der Waals surface area contributed by atoms with E-state index in [4.69, 9.17) is 3.79 Å². The van der Waals surface area contributed by atoms with E-state index in [1.54, 1.807) is 6.20 Å². The van der Waals surface area contributed by atoms with Crippen molar-refractivity contribution < 1.29 is 3.79 Å². The highest BCUT2D eigenvalue weighted by molar-refractivity contribution is 6.01. The molecule has 2 nitrogen and oxygen atoms in total. The number of pyridine rings is 1. The Morgan fingerprint density at radius 1 is 1.17 bits per heavy atom. The second-order valence-corrected chi connectivity index (χ2v) is 2.94. The molecule has 12 heavy (non-hydrogen) atoms. The lowest BCUT2D eigenvalue weighted by molar-refractivity contribution is 0.622. The lowest BCUT2D eigenvalue weighted by atomic mass is 10.2. The number of benzene rings is 1. The summed E-state index contributed by atoms with van der Waals surface area (Å²) in [5, 5.41) is 1.13. The molecule has 0 aliphatic heterocycles. The molecule has 58 valence electrons. The zero-order chi connectivity index (χ0) is 8.39. The highest BCUT2D eigenvalue weighted by atomic mass is 27.1. The topological polar surface area (TPSA) is 22.1 Å². The Morgan fingerprint density at radius 2 is 2.00 bits per heavy atom. The van der Waals surface area contributed by atoms with Crippen LogP contribution >= 0.6 is 0 Å². The van der Waals surface area contributed by atoms with Crippen molar-refractivity contribution in [3.63, 3.8) is 0 Å². The van der Waals surface area contributed by atoms with Gasteiger partial charge in [-0.05, 0) is 12.1 Å². The summed E-state index contributed by atoms with van der Waals surface area (Å²) in [6.45, 7) is 0. The van der Waals surface area contributed by atoms with Crippen molar-refractivity contribution in [2.24, 2.45) is 0 Å². The molecule has 0 aliphatic carbocycles. The van der Waals surface area contributed by atoms with Crippen LogP contribution in [0, 0.1) is 0 Å². The molecule has 1 aromatic heterocycles. The molecule has 0 saturated heterocycles. The lowest BCUT2D eigenvalue weighted by Gasteiger charge is -2.04. The number of para-hydroxylation sites is 1. The van der Waals surface area contributed by atoms with E-state index in [1.807, 2.05) is 30.3 Å². The third kappa shape index (κ3) is 1.18. The Morgan fingerprint density at radius 3 is 2.83 bits per heavy atom. The average molecular weight is 173 g/mol. The lowest BCUT2D eigenvalue weighted by Crippen LogP contribution is -1.87. The van der Waals surface area contributed by atoms with Crippen LogP contribution in [-0.2, 0) is 0 Å². The molecule has 0 atom stereocenters. The van der Waals surface area contributed by atoms with E-state index in [0.717, 1.165) is 16.7 Å². The van der Waals surface area contributed by atoms with E-state index in [2.05, 4.69) is 4.98 Å². The van der Waals surface area contributed by atoms with Crippen LogP contribution in [0.15, 0.2) is 36.5 Å². The molecular weight excluding hydrogens is 165 g/mol.